The van der Waals surface area contributed by atoms with Crippen molar-refractivity contribution < 1.29 is 4.55 Å². The van der Waals surface area contributed by atoms with Gasteiger partial charge in [0, 0.05) is 11.8 Å². The normalized spacial score (nSPS) is 15.0. The summed E-state index contributed by atoms with van der Waals surface area (Å²) in [7, 11) is 0. The van der Waals surface area contributed by atoms with Gasteiger partial charge in [0.15, 0.2) is 0 Å². The minimum atomic E-state index is -0.625. The molecule has 0 spiro atoms. The summed E-state index contributed by atoms with van der Waals surface area (Å²) < 4.78 is 11.5. The lowest BCUT2D eigenvalue weighted by atomic mass is 10.0. The number of hydrogen-bond donors (Lipinski definition) is 0. The van der Waals surface area contributed by atoms with E-state index < -0.39 is 11.2 Å². The van der Waals surface area contributed by atoms with Crippen molar-refractivity contribution in [2.75, 3.05) is 5.75 Å². The van der Waals surface area contributed by atoms with Gasteiger partial charge in [-0.25, -0.2) is 0 Å². The highest BCUT2D eigenvalue weighted by Crippen LogP contribution is 2.21. The summed E-state index contributed by atoms with van der Waals surface area (Å²) in [5.41, 5.74) is 0. The van der Waals surface area contributed by atoms with E-state index in [1.807, 2.05) is 6.92 Å². The van der Waals surface area contributed by atoms with E-state index in [1.165, 1.54) is 0 Å². The number of hydrogen-bond acceptors (Lipinski definition) is 1. The highest BCUT2D eigenvalue weighted by molar-refractivity contribution is 7.92. The summed E-state index contributed by atoms with van der Waals surface area (Å²) >= 11 is -0.625. The molecule has 0 fully saturated rings. The molecule has 0 amide bonds. The van der Waals surface area contributed by atoms with Crippen LogP contribution >= 0.6 is 0 Å². The van der Waals surface area contributed by atoms with Gasteiger partial charge in [0.05, 0.1) is 0 Å². The zero-order valence-electron chi connectivity index (χ0n) is 8.26. The zero-order valence-corrected chi connectivity index (χ0v) is 9.07. The van der Waals surface area contributed by atoms with Crippen molar-refractivity contribution in [1.82, 2.24) is 0 Å². The lowest BCUT2D eigenvalue weighted by Crippen LogP contribution is -2.33. The first-order valence-corrected chi connectivity index (χ1v) is 5.76. The average molecular weight is 176 g/mol. The molecule has 0 aliphatic rings. The Kier molecular flexibility index (Phi) is 5.19. The van der Waals surface area contributed by atoms with Crippen molar-refractivity contribution in [3.05, 3.63) is 0 Å². The predicted octanol–water partition coefficient (Wildman–Crippen LogP) is 2.44. The van der Waals surface area contributed by atoms with Gasteiger partial charge < -0.3 is 4.55 Å². The average Bonchev–Trinajstić information content (AvgIpc) is 1.85. The first kappa shape index (κ1) is 11.3. The predicted molar refractivity (Wildman–Crippen MR) is 52.1 cm³/mol. The van der Waals surface area contributed by atoms with Gasteiger partial charge in [-0.2, -0.15) is 0 Å². The molecule has 0 aliphatic heterocycles. The molecular formula is C9H20OS. The lowest BCUT2D eigenvalue weighted by Gasteiger charge is -2.26. The summed E-state index contributed by atoms with van der Waals surface area (Å²) in [6.07, 6.45) is 0. The van der Waals surface area contributed by atoms with Crippen molar-refractivity contribution in [1.29, 1.82) is 0 Å². The molecule has 0 saturated heterocycles. The molecule has 0 rings (SSSR count). The third kappa shape index (κ3) is 3.48. The maximum atomic E-state index is 11.5. The highest BCUT2D eigenvalue weighted by Gasteiger charge is 2.27. The fourth-order valence-electron chi connectivity index (χ4n) is 1.57. The monoisotopic (exact) mass is 176 g/mol. The fourth-order valence-corrected chi connectivity index (χ4v) is 3.17. The van der Waals surface area contributed by atoms with E-state index in [1.54, 1.807) is 0 Å². The van der Waals surface area contributed by atoms with E-state index in [2.05, 4.69) is 27.7 Å². The number of rotatable bonds is 4. The first-order valence-electron chi connectivity index (χ1n) is 4.37. The van der Waals surface area contributed by atoms with Crippen molar-refractivity contribution in [3.63, 3.8) is 0 Å². The smallest absolute Gasteiger partial charge is 0.120 e. The Labute approximate surface area is 73.8 Å². The molecule has 1 unspecified atom stereocenters. The van der Waals surface area contributed by atoms with Crippen molar-refractivity contribution in [2.45, 2.75) is 39.9 Å². The van der Waals surface area contributed by atoms with Crippen LogP contribution in [0.5, 0.6) is 0 Å². The molecule has 0 aliphatic carbocycles. The summed E-state index contributed by atoms with van der Waals surface area (Å²) in [5, 5.41) is 0.375. The van der Waals surface area contributed by atoms with Crippen LogP contribution in [0.1, 0.15) is 34.6 Å². The molecule has 0 bridgehead atoms. The van der Waals surface area contributed by atoms with Gasteiger partial charge in [-0.1, -0.05) is 38.9 Å². The maximum absolute atomic E-state index is 11.5. The Morgan fingerprint density at radius 1 is 1.09 bits per heavy atom. The van der Waals surface area contributed by atoms with Crippen LogP contribution in [0.25, 0.3) is 0 Å². The third-order valence-electron chi connectivity index (χ3n) is 1.90. The third-order valence-corrected chi connectivity index (χ3v) is 4.17. The van der Waals surface area contributed by atoms with Crippen molar-refractivity contribution in [3.8, 4) is 0 Å². The molecular weight excluding hydrogens is 156 g/mol. The van der Waals surface area contributed by atoms with Crippen LogP contribution in [0, 0.1) is 11.8 Å². The topological polar surface area (TPSA) is 23.1 Å². The minimum Gasteiger partial charge on any atom is -0.616 e. The van der Waals surface area contributed by atoms with Crippen molar-refractivity contribution >= 4 is 11.2 Å². The molecule has 0 heterocycles. The summed E-state index contributed by atoms with van der Waals surface area (Å²) in [5.74, 6) is 1.87. The second kappa shape index (κ2) is 5.04. The van der Waals surface area contributed by atoms with Gasteiger partial charge in [-0.15, -0.1) is 0 Å². The molecule has 0 aromatic carbocycles. The molecule has 1 nitrogen and oxygen atoms in total. The summed E-state index contributed by atoms with van der Waals surface area (Å²) in [6.45, 7) is 10.6. The maximum Gasteiger partial charge on any atom is 0.120 e. The van der Waals surface area contributed by atoms with E-state index >= 15 is 0 Å². The Morgan fingerprint density at radius 2 is 1.45 bits per heavy atom. The van der Waals surface area contributed by atoms with Crippen LogP contribution in [-0.2, 0) is 11.2 Å². The van der Waals surface area contributed by atoms with Crippen LogP contribution in [-0.4, -0.2) is 15.6 Å². The van der Waals surface area contributed by atoms with E-state index in [-0.39, 0.29) is 0 Å². The lowest BCUT2D eigenvalue weighted by molar-refractivity contribution is 0.451. The van der Waals surface area contributed by atoms with Gasteiger partial charge in [-0.05, 0) is 6.92 Å². The minimum absolute atomic E-state index is 0.375. The van der Waals surface area contributed by atoms with Crippen LogP contribution < -0.4 is 0 Å². The SMILES string of the molecule is CC[S+]([O-])C(C(C)C)C(C)C. The Bertz CT molecular complexity index is 93.7. The molecule has 2 heteroatoms. The summed E-state index contributed by atoms with van der Waals surface area (Å²) in [4.78, 5) is 0. The van der Waals surface area contributed by atoms with Crippen LogP contribution in [0.15, 0.2) is 0 Å². The standard InChI is InChI=1S/C9H20OS/c1-6-11(10)9(7(2)3)8(4)5/h7-9H,6H2,1-5H3. The van der Waals surface area contributed by atoms with E-state index in [9.17, 15) is 4.55 Å². The second-order valence-corrected chi connectivity index (χ2v) is 5.51. The van der Waals surface area contributed by atoms with Crippen molar-refractivity contribution in [2.24, 2.45) is 11.8 Å². The van der Waals surface area contributed by atoms with Gasteiger partial charge in [0.1, 0.15) is 11.0 Å². The first-order chi connectivity index (χ1) is 5.00. The quantitative estimate of drug-likeness (QED) is 0.603. The molecule has 0 N–H and O–H groups in total. The van der Waals surface area contributed by atoms with E-state index in [4.69, 9.17) is 0 Å². The highest BCUT2D eigenvalue weighted by atomic mass is 32.2. The van der Waals surface area contributed by atoms with Crippen LogP contribution in [0.3, 0.4) is 0 Å². The van der Waals surface area contributed by atoms with Gasteiger partial charge >= 0.3 is 0 Å². The molecule has 68 valence electrons. The van der Waals surface area contributed by atoms with Crippen LogP contribution in [0.2, 0.25) is 0 Å². The van der Waals surface area contributed by atoms with Gasteiger partial charge in [0.25, 0.3) is 0 Å². The molecule has 0 saturated carbocycles. The Morgan fingerprint density at radius 3 is 1.55 bits per heavy atom. The Hall–Kier alpha value is 0.310. The summed E-state index contributed by atoms with van der Waals surface area (Å²) in [6, 6.07) is 0. The Balaban J connectivity index is 4.09. The van der Waals surface area contributed by atoms with E-state index in [0.29, 0.717) is 17.1 Å². The molecule has 0 radical (unpaired) electrons. The van der Waals surface area contributed by atoms with Gasteiger partial charge in [0.2, 0.25) is 0 Å². The molecule has 0 aromatic rings. The zero-order chi connectivity index (χ0) is 9.02. The second-order valence-electron chi connectivity index (χ2n) is 3.62. The fraction of sp³-hybridized carbons (Fsp3) is 1.00. The van der Waals surface area contributed by atoms with Gasteiger partial charge in [-0.3, -0.25) is 0 Å². The largest absolute Gasteiger partial charge is 0.616 e. The molecule has 0 aromatic heterocycles. The molecule has 1 atom stereocenters. The van der Waals surface area contributed by atoms with Crippen LogP contribution in [0.4, 0.5) is 0 Å². The van der Waals surface area contributed by atoms with E-state index in [0.717, 1.165) is 5.75 Å². The molecule has 11 heavy (non-hydrogen) atoms.